The molecule has 0 spiro atoms. The third kappa shape index (κ3) is 4.20. The van der Waals surface area contributed by atoms with Crippen molar-refractivity contribution >= 4 is 27.3 Å². The van der Waals surface area contributed by atoms with Crippen LogP contribution in [-0.4, -0.2) is 52.6 Å². The Morgan fingerprint density at radius 1 is 1.07 bits per heavy atom. The summed E-state index contributed by atoms with van der Waals surface area (Å²) in [7, 11) is -1.41. The highest BCUT2D eigenvalue weighted by Gasteiger charge is 2.27. The van der Waals surface area contributed by atoms with Crippen LogP contribution < -0.4 is 9.62 Å². The molecule has 28 heavy (non-hydrogen) atoms. The largest absolute Gasteiger partial charge is 0.369 e. The smallest absolute Gasteiger partial charge is 0.240 e. The number of piperazine rings is 1. The molecule has 2 aromatic carbocycles. The molecule has 0 amide bonds. The summed E-state index contributed by atoms with van der Waals surface area (Å²) in [6.07, 6.45) is 2.41. The molecule has 150 valence electrons. The molecule has 2 aromatic rings. The Kier molecular flexibility index (Phi) is 5.65. The monoisotopic (exact) mass is 419 g/mol. The standard InChI is InChI=1S/C21H26ClN3O2S/c1-24-10-12-25(13-11-24)21-7-2-4-16-14-18(8-9-20(16)21)23-28(26,27)19-6-3-5-17(22)15-19/h2-7,15,18,23H,8-14H2,1H3. The van der Waals surface area contributed by atoms with Crippen LogP contribution in [0.5, 0.6) is 0 Å². The molecule has 0 bridgehead atoms. The summed E-state index contributed by atoms with van der Waals surface area (Å²) in [4.78, 5) is 5.04. The average Bonchev–Trinajstić information content (AvgIpc) is 2.68. The fraction of sp³-hybridized carbons (Fsp3) is 0.429. The Morgan fingerprint density at radius 3 is 2.57 bits per heavy atom. The van der Waals surface area contributed by atoms with E-state index in [4.69, 9.17) is 11.6 Å². The lowest BCUT2D eigenvalue weighted by molar-refractivity contribution is 0.312. The van der Waals surface area contributed by atoms with Crippen LogP contribution in [0.2, 0.25) is 5.02 Å². The van der Waals surface area contributed by atoms with Gasteiger partial charge in [-0.3, -0.25) is 0 Å². The zero-order valence-electron chi connectivity index (χ0n) is 16.1. The quantitative estimate of drug-likeness (QED) is 0.827. The van der Waals surface area contributed by atoms with Gasteiger partial charge in [-0.25, -0.2) is 13.1 Å². The molecule has 1 atom stereocenters. The number of fused-ring (bicyclic) bond motifs is 1. The van der Waals surface area contributed by atoms with E-state index in [1.54, 1.807) is 18.2 Å². The molecule has 1 aliphatic heterocycles. The molecular weight excluding hydrogens is 394 g/mol. The number of hydrogen-bond acceptors (Lipinski definition) is 4. The van der Waals surface area contributed by atoms with Crippen LogP contribution in [-0.2, 0) is 22.9 Å². The number of nitrogens with zero attached hydrogens (tertiary/aromatic N) is 2. The summed E-state index contributed by atoms with van der Waals surface area (Å²) in [6.45, 7) is 4.23. The maximum Gasteiger partial charge on any atom is 0.240 e. The van der Waals surface area contributed by atoms with Crippen molar-refractivity contribution in [1.29, 1.82) is 0 Å². The van der Waals surface area contributed by atoms with Crippen LogP contribution in [0.4, 0.5) is 5.69 Å². The summed E-state index contributed by atoms with van der Waals surface area (Å²) in [5.74, 6) is 0. The maximum atomic E-state index is 12.7. The predicted molar refractivity (Wildman–Crippen MR) is 114 cm³/mol. The minimum atomic E-state index is -3.57. The van der Waals surface area contributed by atoms with Crippen molar-refractivity contribution in [2.75, 3.05) is 38.1 Å². The molecule has 7 heteroatoms. The van der Waals surface area contributed by atoms with E-state index in [0.29, 0.717) is 5.02 Å². The number of rotatable bonds is 4. The maximum absolute atomic E-state index is 12.7. The van der Waals surface area contributed by atoms with Gasteiger partial charge in [-0.05, 0) is 61.7 Å². The molecule has 1 aliphatic carbocycles. The minimum absolute atomic E-state index is 0.0979. The Labute approximate surface area is 172 Å². The van der Waals surface area contributed by atoms with Gasteiger partial charge in [0.25, 0.3) is 0 Å². The first kappa shape index (κ1) is 19.7. The van der Waals surface area contributed by atoms with E-state index < -0.39 is 10.0 Å². The second kappa shape index (κ2) is 8.03. The highest BCUT2D eigenvalue weighted by Crippen LogP contribution is 2.31. The second-order valence-electron chi connectivity index (χ2n) is 7.72. The van der Waals surface area contributed by atoms with Crippen LogP contribution in [0.1, 0.15) is 17.5 Å². The number of sulfonamides is 1. The van der Waals surface area contributed by atoms with Crippen molar-refractivity contribution < 1.29 is 8.42 Å². The van der Waals surface area contributed by atoms with E-state index in [2.05, 4.69) is 39.8 Å². The van der Waals surface area contributed by atoms with Gasteiger partial charge < -0.3 is 9.80 Å². The van der Waals surface area contributed by atoms with E-state index in [-0.39, 0.29) is 10.9 Å². The van der Waals surface area contributed by atoms with Gasteiger partial charge in [0, 0.05) is 42.9 Å². The van der Waals surface area contributed by atoms with Gasteiger partial charge in [0.05, 0.1) is 4.90 Å². The molecule has 2 aliphatic rings. The third-order valence-electron chi connectivity index (χ3n) is 5.73. The lowest BCUT2D eigenvalue weighted by Gasteiger charge is -2.37. The van der Waals surface area contributed by atoms with Crippen molar-refractivity contribution in [3.63, 3.8) is 0 Å². The fourth-order valence-electron chi connectivity index (χ4n) is 4.15. The van der Waals surface area contributed by atoms with Crippen molar-refractivity contribution in [3.8, 4) is 0 Å². The number of nitrogens with one attached hydrogen (secondary N) is 1. The molecule has 0 saturated carbocycles. The van der Waals surface area contributed by atoms with Crippen molar-refractivity contribution in [3.05, 3.63) is 58.6 Å². The van der Waals surface area contributed by atoms with Crippen molar-refractivity contribution in [2.45, 2.75) is 30.2 Å². The summed E-state index contributed by atoms with van der Waals surface area (Å²) in [6, 6.07) is 12.8. The number of anilines is 1. The molecular formula is C21H26ClN3O2S. The Morgan fingerprint density at radius 2 is 1.82 bits per heavy atom. The van der Waals surface area contributed by atoms with Crippen LogP contribution >= 0.6 is 11.6 Å². The van der Waals surface area contributed by atoms with Gasteiger partial charge >= 0.3 is 0 Å². The van der Waals surface area contributed by atoms with E-state index in [1.807, 2.05) is 0 Å². The first-order valence-corrected chi connectivity index (χ1v) is 11.6. The normalized spacial score (nSPS) is 20.8. The van der Waals surface area contributed by atoms with Crippen LogP contribution in [0.15, 0.2) is 47.4 Å². The van der Waals surface area contributed by atoms with Crippen LogP contribution in [0.25, 0.3) is 0 Å². The highest BCUT2D eigenvalue weighted by atomic mass is 35.5. The molecule has 1 fully saturated rings. The third-order valence-corrected chi connectivity index (χ3v) is 7.48. The number of halogens is 1. The molecule has 4 rings (SSSR count). The van der Waals surface area contributed by atoms with Crippen molar-refractivity contribution in [2.24, 2.45) is 0 Å². The Balaban J connectivity index is 1.50. The van der Waals surface area contributed by atoms with Crippen LogP contribution in [0.3, 0.4) is 0 Å². The lowest BCUT2D eigenvalue weighted by atomic mass is 9.87. The fourth-order valence-corrected chi connectivity index (χ4v) is 5.72. The first-order valence-electron chi connectivity index (χ1n) is 9.74. The second-order valence-corrected chi connectivity index (χ2v) is 9.87. The molecule has 1 heterocycles. The summed E-state index contributed by atoms with van der Waals surface area (Å²) in [5.41, 5.74) is 3.95. The number of hydrogen-bond donors (Lipinski definition) is 1. The molecule has 1 unspecified atom stereocenters. The molecule has 1 saturated heterocycles. The summed E-state index contributed by atoms with van der Waals surface area (Å²) < 4.78 is 28.3. The van der Waals surface area contributed by atoms with Gasteiger partial charge in [0.2, 0.25) is 10.0 Å². The van der Waals surface area contributed by atoms with E-state index >= 15 is 0 Å². The van der Waals surface area contributed by atoms with Gasteiger partial charge in [-0.1, -0.05) is 29.8 Å². The van der Waals surface area contributed by atoms with Crippen molar-refractivity contribution in [1.82, 2.24) is 9.62 Å². The Bertz CT molecular complexity index is 956. The van der Waals surface area contributed by atoms with Gasteiger partial charge in [-0.2, -0.15) is 0 Å². The predicted octanol–water partition coefficient (Wildman–Crippen LogP) is 2.93. The average molecular weight is 420 g/mol. The summed E-state index contributed by atoms with van der Waals surface area (Å²) in [5, 5.41) is 0.425. The SMILES string of the molecule is CN1CCN(c2cccc3c2CCC(NS(=O)(=O)c2cccc(Cl)c2)C3)CC1. The molecule has 0 aromatic heterocycles. The van der Waals surface area contributed by atoms with Gasteiger partial charge in [0.1, 0.15) is 0 Å². The molecule has 5 nitrogen and oxygen atoms in total. The highest BCUT2D eigenvalue weighted by molar-refractivity contribution is 7.89. The zero-order valence-corrected chi connectivity index (χ0v) is 17.6. The topological polar surface area (TPSA) is 52.6 Å². The lowest BCUT2D eigenvalue weighted by Crippen LogP contribution is -2.45. The van der Waals surface area contributed by atoms with Gasteiger partial charge in [-0.15, -0.1) is 0 Å². The Hall–Kier alpha value is -1.60. The molecule has 0 radical (unpaired) electrons. The minimum Gasteiger partial charge on any atom is -0.369 e. The van der Waals surface area contributed by atoms with E-state index in [9.17, 15) is 8.42 Å². The van der Waals surface area contributed by atoms with E-state index in [1.165, 1.54) is 22.9 Å². The molecule has 1 N–H and O–H groups in total. The van der Waals surface area contributed by atoms with Gasteiger partial charge in [0.15, 0.2) is 0 Å². The zero-order chi connectivity index (χ0) is 19.7. The summed E-state index contributed by atoms with van der Waals surface area (Å²) >= 11 is 5.96. The number of likely N-dealkylation sites (N-methyl/N-ethyl adjacent to an activating group) is 1. The first-order chi connectivity index (χ1) is 13.4. The number of benzene rings is 2. The van der Waals surface area contributed by atoms with Crippen LogP contribution in [0, 0.1) is 0 Å². The van der Waals surface area contributed by atoms with E-state index in [0.717, 1.165) is 45.4 Å².